The summed E-state index contributed by atoms with van der Waals surface area (Å²) in [5, 5.41) is 17.7. The molecule has 1 aliphatic rings. The van der Waals surface area contributed by atoms with Gasteiger partial charge < -0.3 is 14.9 Å². The van der Waals surface area contributed by atoms with Crippen molar-refractivity contribution in [1.29, 1.82) is 0 Å². The van der Waals surface area contributed by atoms with Gasteiger partial charge in [0.25, 0.3) is 0 Å². The van der Waals surface area contributed by atoms with Crippen molar-refractivity contribution >= 4 is 23.4 Å². The Hall–Kier alpha value is -3.74. The molecular weight excluding hydrogens is 366 g/mol. The topological polar surface area (TPSA) is 81.9 Å². The number of anilines is 1. The molecule has 0 saturated carbocycles. The normalized spacial score (nSPS) is 13.8. The summed E-state index contributed by atoms with van der Waals surface area (Å²) in [6.07, 6.45) is -0.880. The third-order valence-electron chi connectivity index (χ3n) is 4.83. The summed E-state index contributed by atoms with van der Waals surface area (Å²) in [5.41, 5.74) is 2.85. The van der Waals surface area contributed by atoms with Crippen LogP contribution < -0.4 is 4.90 Å². The van der Waals surface area contributed by atoms with E-state index in [1.54, 1.807) is 0 Å². The fourth-order valence-corrected chi connectivity index (χ4v) is 3.28. The van der Waals surface area contributed by atoms with Crippen LogP contribution in [0.2, 0.25) is 0 Å². The molecule has 2 heterocycles. The van der Waals surface area contributed by atoms with Crippen molar-refractivity contribution in [2.24, 2.45) is 4.99 Å². The molecule has 1 saturated heterocycles. The second kappa shape index (κ2) is 8.52. The van der Waals surface area contributed by atoms with Crippen LogP contribution >= 0.6 is 0 Å². The first kappa shape index (κ1) is 18.6. The summed E-state index contributed by atoms with van der Waals surface area (Å²) in [6.45, 7) is 2.12. The minimum absolute atomic E-state index is 0.461. The number of carbonyl (C=O) groups is 1. The molecule has 2 aromatic carbocycles. The predicted octanol–water partition coefficient (Wildman–Crippen LogP) is 3.45. The average molecular weight is 387 g/mol. The van der Waals surface area contributed by atoms with Crippen molar-refractivity contribution < 1.29 is 9.90 Å². The minimum Gasteiger partial charge on any atom is -0.465 e. The van der Waals surface area contributed by atoms with E-state index in [1.165, 1.54) is 4.90 Å². The third kappa shape index (κ3) is 4.40. The van der Waals surface area contributed by atoms with Crippen LogP contribution in [0, 0.1) is 0 Å². The van der Waals surface area contributed by atoms with E-state index in [4.69, 9.17) is 10.1 Å². The minimum atomic E-state index is -0.880. The molecule has 146 valence electrons. The van der Waals surface area contributed by atoms with Gasteiger partial charge in [0.05, 0.1) is 5.71 Å². The van der Waals surface area contributed by atoms with Gasteiger partial charge in [0.15, 0.2) is 11.6 Å². The van der Waals surface area contributed by atoms with Crippen LogP contribution in [0.15, 0.2) is 77.8 Å². The molecule has 1 aromatic heterocycles. The molecule has 4 rings (SSSR count). The molecular formula is C22H21N5O2. The summed E-state index contributed by atoms with van der Waals surface area (Å²) in [7, 11) is 0. The molecule has 1 N–H and O–H groups in total. The van der Waals surface area contributed by atoms with Crippen molar-refractivity contribution in [3.8, 4) is 0 Å². The molecule has 1 fully saturated rings. The van der Waals surface area contributed by atoms with Gasteiger partial charge in [-0.1, -0.05) is 60.7 Å². The van der Waals surface area contributed by atoms with E-state index in [1.807, 2.05) is 77.7 Å². The SMILES string of the molecule is O=C(O)N1CCN(c2ccc(N=C(c3ccccc3)c3ccccc3)nn2)CC1. The fraction of sp³-hybridized carbons (Fsp3) is 0.182. The van der Waals surface area contributed by atoms with Gasteiger partial charge in [0.2, 0.25) is 0 Å². The number of hydrogen-bond acceptors (Lipinski definition) is 5. The lowest BCUT2D eigenvalue weighted by atomic mass is 10.0. The maximum atomic E-state index is 11.0. The number of nitrogens with zero attached hydrogens (tertiary/aromatic N) is 5. The molecule has 0 bridgehead atoms. The van der Waals surface area contributed by atoms with E-state index in [0.29, 0.717) is 32.0 Å². The van der Waals surface area contributed by atoms with Crippen LogP contribution in [0.25, 0.3) is 0 Å². The molecule has 0 atom stereocenters. The van der Waals surface area contributed by atoms with E-state index < -0.39 is 6.09 Å². The van der Waals surface area contributed by atoms with Gasteiger partial charge in [-0.15, -0.1) is 10.2 Å². The van der Waals surface area contributed by atoms with Gasteiger partial charge in [-0.2, -0.15) is 0 Å². The molecule has 1 aliphatic heterocycles. The standard InChI is InChI=1S/C22H21N5O2/c28-22(29)27-15-13-26(14-16-27)20-12-11-19(24-25-20)23-21(17-7-3-1-4-8-17)18-9-5-2-6-10-18/h1-12H,13-16H2,(H,28,29). The highest BCUT2D eigenvalue weighted by molar-refractivity contribution is 6.13. The number of carboxylic acid groups (broad SMARTS) is 1. The molecule has 29 heavy (non-hydrogen) atoms. The Balaban J connectivity index is 1.57. The Morgan fingerprint density at radius 2 is 1.38 bits per heavy atom. The quantitative estimate of drug-likeness (QED) is 0.694. The van der Waals surface area contributed by atoms with Crippen LogP contribution in [-0.4, -0.2) is 58.2 Å². The van der Waals surface area contributed by atoms with Crippen molar-refractivity contribution in [3.05, 3.63) is 83.9 Å². The Bertz CT molecular complexity index is 941. The van der Waals surface area contributed by atoms with Crippen LogP contribution in [0.4, 0.5) is 16.4 Å². The summed E-state index contributed by atoms with van der Waals surface area (Å²) in [5.74, 6) is 1.26. The second-order valence-electron chi connectivity index (χ2n) is 6.70. The highest BCUT2D eigenvalue weighted by Gasteiger charge is 2.21. The van der Waals surface area contributed by atoms with Crippen LogP contribution in [0.5, 0.6) is 0 Å². The largest absolute Gasteiger partial charge is 0.465 e. The van der Waals surface area contributed by atoms with Gasteiger partial charge in [-0.05, 0) is 12.1 Å². The summed E-state index contributed by atoms with van der Waals surface area (Å²) < 4.78 is 0. The van der Waals surface area contributed by atoms with E-state index in [-0.39, 0.29) is 0 Å². The second-order valence-corrected chi connectivity index (χ2v) is 6.70. The Morgan fingerprint density at radius 3 is 1.86 bits per heavy atom. The zero-order chi connectivity index (χ0) is 20.1. The van der Waals surface area contributed by atoms with E-state index in [0.717, 1.165) is 22.7 Å². The smallest absolute Gasteiger partial charge is 0.407 e. The number of aromatic nitrogens is 2. The van der Waals surface area contributed by atoms with Crippen LogP contribution in [0.3, 0.4) is 0 Å². The van der Waals surface area contributed by atoms with Crippen LogP contribution in [-0.2, 0) is 0 Å². The molecule has 0 radical (unpaired) electrons. The number of amides is 1. The first-order valence-electron chi connectivity index (χ1n) is 9.47. The highest BCUT2D eigenvalue weighted by atomic mass is 16.4. The fourth-order valence-electron chi connectivity index (χ4n) is 3.28. The van der Waals surface area contributed by atoms with Gasteiger partial charge in [0.1, 0.15) is 0 Å². The van der Waals surface area contributed by atoms with Gasteiger partial charge in [0, 0.05) is 37.3 Å². The number of piperazine rings is 1. The predicted molar refractivity (Wildman–Crippen MR) is 112 cm³/mol. The summed E-state index contributed by atoms with van der Waals surface area (Å²) >= 11 is 0. The highest BCUT2D eigenvalue weighted by Crippen LogP contribution is 2.19. The zero-order valence-electron chi connectivity index (χ0n) is 15.8. The molecule has 3 aromatic rings. The zero-order valence-corrected chi connectivity index (χ0v) is 15.8. The lowest BCUT2D eigenvalue weighted by Gasteiger charge is -2.33. The molecule has 7 nitrogen and oxygen atoms in total. The van der Waals surface area contributed by atoms with Crippen molar-refractivity contribution in [2.45, 2.75) is 0 Å². The number of benzene rings is 2. The third-order valence-corrected chi connectivity index (χ3v) is 4.83. The van der Waals surface area contributed by atoms with Gasteiger partial charge in [-0.25, -0.2) is 9.79 Å². The lowest BCUT2D eigenvalue weighted by Crippen LogP contribution is -2.48. The number of rotatable bonds is 4. The monoisotopic (exact) mass is 387 g/mol. The summed E-state index contributed by atoms with van der Waals surface area (Å²) in [4.78, 5) is 19.3. The molecule has 1 amide bonds. The molecule has 7 heteroatoms. The lowest BCUT2D eigenvalue weighted by molar-refractivity contribution is 0.142. The van der Waals surface area contributed by atoms with E-state index >= 15 is 0 Å². The molecule has 0 unspecified atom stereocenters. The Morgan fingerprint density at radius 1 is 0.793 bits per heavy atom. The average Bonchev–Trinajstić information content (AvgIpc) is 2.79. The first-order chi connectivity index (χ1) is 14.2. The van der Waals surface area contributed by atoms with Gasteiger partial charge >= 0.3 is 6.09 Å². The Kier molecular flexibility index (Phi) is 5.47. The van der Waals surface area contributed by atoms with Crippen LogP contribution in [0.1, 0.15) is 11.1 Å². The molecule has 0 spiro atoms. The van der Waals surface area contributed by atoms with Gasteiger partial charge in [-0.3, -0.25) is 0 Å². The number of aliphatic imine (C=N–C) groups is 1. The Labute approximate surface area is 169 Å². The first-order valence-corrected chi connectivity index (χ1v) is 9.47. The maximum Gasteiger partial charge on any atom is 0.407 e. The van der Waals surface area contributed by atoms with Crippen molar-refractivity contribution in [1.82, 2.24) is 15.1 Å². The maximum absolute atomic E-state index is 11.0. The van der Waals surface area contributed by atoms with Crippen molar-refractivity contribution in [2.75, 3.05) is 31.1 Å². The molecule has 0 aliphatic carbocycles. The van der Waals surface area contributed by atoms with E-state index in [2.05, 4.69) is 10.2 Å². The van der Waals surface area contributed by atoms with E-state index in [9.17, 15) is 4.79 Å². The summed E-state index contributed by atoms with van der Waals surface area (Å²) in [6, 6.07) is 23.7. The van der Waals surface area contributed by atoms with Crippen molar-refractivity contribution in [3.63, 3.8) is 0 Å². The number of hydrogen-bond donors (Lipinski definition) is 1.